The first-order valence-corrected chi connectivity index (χ1v) is 9.96. The summed E-state index contributed by atoms with van der Waals surface area (Å²) in [6, 6.07) is 5.29. The van der Waals surface area contributed by atoms with Gasteiger partial charge in [-0.15, -0.1) is 0 Å². The topological polar surface area (TPSA) is 147 Å². The summed E-state index contributed by atoms with van der Waals surface area (Å²) < 4.78 is 30.7. The predicted molar refractivity (Wildman–Crippen MR) is 102 cm³/mol. The molecule has 2 rings (SSSR count). The maximum atomic E-state index is 12.3. The van der Waals surface area contributed by atoms with Gasteiger partial charge in [0.2, 0.25) is 15.9 Å². The van der Waals surface area contributed by atoms with E-state index in [0.29, 0.717) is 5.75 Å². The van der Waals surface area contributed by atoms with Gasteiger partial charge < -0.3 is 20.8 Å². The minimum absolute atomic E-state index is 0.0121. The molecular weight excluding hydrogens is 394 g/mol. The summed E-state index contributed by atoms with van der Waals surface area (Å²) in [6.45, 7) is 0. The van der Waals surface area contributed by atoms with E-state index in [1.165, 1.54) is 39.4 Å². The SMILES string of the molecule is COc1ccc(S(=O)(=O)N(C)C)cc1NC(=O)CSc1nc(N)cc(=O)[nH]1. The highest BCUT2D eigenvalue weighted by Gasteiger charge is 2.20. The van der Waals surface area contributed by atoms with Crippen LogP contribution in [0.25, 0.3) is 0 Å². The average molecular weight is 413 g/mol. The van der Waals surface area contributed by atoms with E-state index in [-0.39, 0.29) is 27.3 Å². The second kappa shape index (κ2) is 8.41. The number of rotatable bonds is 7. The Kier molecular flexibility index (Phi) is 6.46. The molecule has 1 heterocycles. The number of H-pyrrole nitrogens is 1. The van der Waals surface area contributed by atoms with Crippen LogP contribution in [0.1, 0.15) is 0 Å². The van der Waals surface area contributed by atoms with Gasteiger partial charge >= 0.3 is 0 Å². The van der Waals surface area contributed by atoms with Crippen molar-refractivity contribution in [2.24, 2.45) is 0 Å². The van der Waals surface area contributed by atoms with Crippen molar-refractivity contribution in [3.8, 4) is 5.75 Å². The molecule has 27 heavy (non-hydrogen) atoms. The Morgan fingerprint density at radius 3 is 2.67 bits per heavy atom. The Morgan fingerprint density at radius 2 is 2.07 bits per heavy atom. The number of ether oxygens (including phenoxy) is 1. The van der Waals surface area contributed by atoms with Crippen LogP contribution in [0.2, 0.25) is 0 Å². The van der Waals surface area contributed by atoms with Crippen LogP contribution in [0, 0.1) is 0 Å². The molecule has 1 aromatic carbocycles. The fraction of sp³-hybridized carbons (Fsp3) is 0.267. The van der Waals surface area contributed by atoms with Crippen LogP contribution in [-0.4, -0.2) is 55.6 Å². The molecule has 0 aliphatic rings. The fourth-order valence-corrected chi connectivity index (χ4v) is 3.61. The lowest BCUT2D eigenvalue weighted by Crippen LogP contribution is -2.22. The molecule has 0 saturated carbocycles. The number of thioether (sulfide) groups is 1. The summed E-state index contributed by atoms with van der Waals surface area (Å²) in [5.74, 6) is -0.172. The zero-order valence-electron chi connectivity index (χ0n) is 14.8. The largest absolute Gasteiger partial charge is 0.495 e. The van der Waals surface area contributed by atoms with Gasteiger partial charge in [-0.1, -0.05) is 11.8 Å². The van der Waals surface area contributed by atoms with Gasteiger partial charge in [-0.2, -0.15) is 0 Å². The second-order valence-corrected chi connectivity index (χ2v) is 8.58. The number of methoxy groups -OCH3 is 1. The van der Waals surface area contributed by atoms with Gasteiger partial charge in [0.25, 0.3) is 5.56 Å². The molecule has 0 unspecified atom stereocenters. The lowest BCUT2D eigenvalue weighted by Gasteiger charge is -2.15. The molecule has 0 spiro atoms. The number of carbonyl (C=O) groups is 1. The molecule has 1 aromatic heterocycles. The van der Waals surface area contributed by atoms with E-state index < -0.39 is 21.5 Å². The number of aromatic amines is 1. The van der Waals surface area contributed by atoms with Crippen LogP contribution in [0.4, 0.5) is 11.5 Å². The van der Waals surface area contributed by atoms with E-state index in [1.807, 2.05) is 0 Å². The number of sulfonamides is 1. The minimum Gasteiger partial charge on any atom is -0.495 e. The third-order valence-electron chi connectivity index (χ3n) is 3.30. The number of nitrogens with one attached hydrogen (secondary N) is 2. The number of nitrogen functional groups attached to an aromatic ring is 1. The van der Waals surface area contributed by atoms with Crippen LogP contribution >= 0.6 is 11.8 Å². The molecule has 1 amide bonds. The number of benzene rings is 1. The predicted octanol–water partition coefficient (Wildman–Crippen LogP) is 0.342. The van der Waals surface area contributed by atoms with Crippen LogP contribution in [0.3, 0.4) is 0 Å². The fourth-order valence-electron chi connectivity index (χ4n) is 2.00. The van der Waals surface area contributed by atoms with E-state index in [0.717, 1.165) is 22.1 Å². The van der Waals surface area contributed by atoms with Crippen LogP contribution < -0.4 is 21.3 Å². The Hall–Kier alpha value is -2.57. The van der Waals surface area contributed by atoms with Crippen molar-refractivity contribution in [3.05, 3.63) is 34.6 Å². The summed E-state index contributed by atoms with van der Waals surface area (Å²) in [6.07, 6.45) is 0. The molecule has 0 radical (unpaired) electrons. The van der Waals surface area contributed by atoms with Gasteiger partial charge in [-0.05, 0) is 18.2 Å². The van der Waals surface area contributed by atoms with Gasteiger partial charge in [-0.25, -0.2) is 17.7 Å². The zero-order valence-corrected chi connectivity index (χ0v) is 16.5. The zero-order chi connectivity index (χ0) is 20.2. The van der Waals surface area contributed by atoms with Gasteiger partial charge in [0.1, 0.15) is 11.6 Å². The molecular formula is C15H19N5O5S2. The summed E-state index contributed by atoms with van der Waals surface area (Å²) in [4.78, 5) is 29.9. The van der Waals surface area contributed by atoms with Crippen molar-refractivity contribution in [3.63, 3.8) is 0 Å². The summed E-state index contributed by atoms with van der Waals surface area (Å²) in [5.41, 5.74) is 5.27. The second-order valence-electron chi connectivity index (χ2n) is 5.46. The van der Waals surface area contributed by atoms with Crippen molar-refractivity contribution in [2.75, 3.05) is 38.0 Å². The molecule has 0 saturated heterocycles. The molecule has 0 atom stereocenters. The van der Waals surface area contributed by atoms with Crippen molar-refractivity contribution < 1.29 is 17.9 Å². The average Bonchev–Trinajstić information content (AvgIpc) is 2.59. The van der Waals surface area contributed by atoms with E-state index in [2.05, 4.69) is 15.3 Å². The molecule has 146 valence electrons. The monoisotopic (exact) mass is 413 g/mol. The van der Waals surface area contributed by atoms with Crippen molar-refractivity contribution in [1.29, 1.82) is 0 Å². The van der Waals surface area contributed by atoms with Gasteiger partial charge in [-0.3, -0.25) is 9.59 Å². The molecule has 0 aliphatic heterocycles. The van der Waals surface area contributed by atoms with Gasteiger partial charge in [0, 0.05) is 20.2 Å². The first-order chi connectivity index (χ1) is 12.6. The highest BCUT2D eigenvalue weighted by Crippen LogP contribution is 2.28. The maximum absolute atomic E-state index is 12.3. The summed E-state index contributed by atoms with van der Waals surface area (Å²) >= 11 is 0.978. The van der Waals surface area contributed by atoms with Gasteiger partial charge in [0.05, 0.1) is 23.4 Å². The number of nitrogens with zero attached hydrogens (tertiary/aromatic N) is 2. The molecule has 0 bridgehead atoms. The molecule has 10 nitrogen and oxygen atoms in total. The highest BCUT2D eigenvalue weighted by molar-refractivity contribution is 7.99. The van der Waals surface area contributed by atoms with Gasteiger partial charge in [0.15, 0.2) is 5.16 Å². The normalized spacial score (nSPS) is 11.4. The van der Waals surface area contributed by atoms with E-state index in [4.69, 9.17) is 10.5 Å². The Morgan fingerprint density at radius 1 is 1.37 bits per heavy atom. The molecule has 0 fully saturated rings. The standard InChI is InChI=1S/C15H19N5O5S2/c1-20(2)27(23,24)9-4-5-11(25-3)10(6-9)17-14(22)8-26-15-18-12(16)7-13(21)19-15/h4-7H,8H2,1-3H3,(H,17,22)(H3,16,18,19,21). The lowest BCUT2D eigenvalue weighted by atomic mass is 10.3. The molecule has 12 heteroatoms. The quantitative estimate of drug-likeness (QED) is 0.435. The van der Waals surface area contributed by atoms with Crippen LogP contribution in [0.5, 0.6) is 5.75 Å². The third kappa shape index (κ3) is 5.21. The number of carbonyl (C=O) groups excluding carboxylic acids is 1. The van der Waals surface area contributed by atoms with Crippen molar-refractivity contribution in [1.82, 2.24) is 14.3 Å². The van der Waals surface area contributed by atoms with E-state index in [9.17, 15) is 18.0 Å². The lowest BCUT2D eigenvalue weighted by molar-refractivity contribution is -0.113. The van der Waals surface area contributed by atoms with Crippen LogP contribution in [-0.2, 0) is 14.8 Å². The molecule has 0 aliphatic carbocycles. The Balaban J connectivity index is 2.17. The van der Waals surface area contributed by atoms with Crippen LogP contribution in [0.15, 0.2) is 39.1 Å². The molecule has 4 N–H and O–H groups in total. The maximum Gasteiger partial charge on any atom is 0.253 e. The summed E-state index contributed by atoms with van der Waals surface area (Å²) in [7, 11) is 0.558. The number of hydrogen-bond acceptors (Lipinski definition) is 8. The first-order valence-electron chi connectivity index (χ1n) is 7.53. The Labute approximate surface area is 160 Å². The minimum atomic E-state index is -3.67. The molecule has 2 aromatic rings. The smallest absolute Gasteiger partial charge is 0.253 e. The third-order valence-corrected chi connectivity index (χ3v) is 5.99. The van der Waals surface area contributed by atoms with Crippen molar-refractivity contribution in [2.45, 2.75) is 10.1 Å². The number of amides is 1. The summed E-state index contributed by atoms with van der Waals surface area (Å²) in [5, 5.41) is 2.79. The number of hydrogen-bond donors (Lipinski definition) is 3. The first kappa shape index (κ1) is 20.7. The highest BCUT2D eigenvalue weighted by atomic mass is 32.2. The number of aromatic nitrogens is 2. The number of anilines is 2. The number of nitrogens with two attached hydrogens (primary N) is 1. The van der Waals surface area contributed by atoms with Crippen molar-refractivity contribution >= 4 is 39.2 Å². The van der Waals surface area contributed by atoms with E-state index >= 15 is 0 Å². The van der Waals surface area contributed by atoms with E-state index in [1.54, 1.807) is 0 Å². The Bertz CT molecular complexity index is 1000.